The predicted molar refractivity (Wildman–Crippen MR) is 118 cm³/mol. The van der Waals surface area contributed by atoms with Crippen LogP contribution in [0.25, 0.3) is 22.4 Å². The second kappa shape index (κ2) is 8.55. The summed E-state index contributed by atoms with van der Waals surface area (Å²) < 4.78 is 11.2. The average molecular weight is 416 g/mol. The van der Waals surface area contributed by atoms with E-state index in [1.165, 1.54) is 5.56 Å². The van der Waals surface area contributed by atoms with Crippen molar-refractivity contribution in [2.45, 2.75) is 34.2 Å². The molecule has 0 saturated heterocycles. The van der Waals surface area contributed by atoms with Gasteiger partial charge in [0.1, 0.15) is 16.9 Å². The summed E-state index contributed by atoms with van der Waals surface area (Å²) in [7, 11) is 0. The quantitative estimate of drug-likeness (QED) is 0.506. The third kappa shape index (κ3) is 4.55. The van der Waals surface area contributed by atoms with Gasteiger partial charge in [0, 0.05) is 12.1 Å². The minimum Gasteiger partial charge on any atom is -0.467 e. The molecule has 0 fully saturated rings. The van der Waals surface area contributed by atoms with E-state index in [1.54, 1.807) is 6.92 Å². The number of aryl methyl sites for hydroxylation is 4. The number of hydrogen-bond donors (Lipinski definition) is 1. The van der Waals surface area contributed by atoms with Crippen LogP contribution in [0.5, 0.6) is 5.88 Å². The molecule has 1 N–H and O–H groups in total. The van der Waals surface area contributed by atoms with Crippen molar-refractivity contribution in [2.75, 3.05) is 6.61 Å². The number of nitrogens with zero attached hydrogens (tertiary/aromatic N) is 3. The summed E-state index contributed by atoms with van der Waals surface area (Å²) in [5.41, 5.74) is 6.30. The third-order valence-corrected chi connectivity index (χ3v) is 5.11. The fourth-order valence-corrected chi connectivity index (χ4v) is 3.32. The zero-order chi connectivity index (χ0) is 22.0. The first-order valence-corrected chi connectivity index (χ1v) is 10.1. The zero-order valence-corrected chi connectivity index (χ0v) is 18.0. The lowest BCUT2D eigenvalue weighted by atomic mass is 10.0. The summed E-state index contributed by atoms with van der Waals surface area (Å²) >= 11 is 0. The van der Waals surface area contributed by atoms with Crippen molar-refractivity contribution in [1.82, 2.24) is 20.4 Å². The monoisotopic (exact) mass is 416 g/mol. The molecule has 0 aliphatic heterocycles. The van der Waals surface area contributed by atoms with Gasteiger partial charge >= 0.3 is 0 Å². The van der Waals surface area contributed by atoms with Crippen LogP contribution in [0, 0.1) is 27.7 Å². The van der Waals surface area contributed by atoms with Crippen molar-refractivity contribution in [3.8, 4) is 17.1 Å². The van der Waals surface area contributed by atoms with E-state index < -0.39 is 0 Å². The lowest BCUT2D eigenvalue weighted by Crippen LogP contribution is -2.28. The van der Waals surface area contributed by atoms with Crippen LogP contribution in [-0.2, 0) is 11.3 Å². The highest BCUT2D eigenvalue weighted by Crippen LogP contribution is 2.33. The smallest absolute Gasteiger partial charge is 0.265 e. The van der Waals surface area contributed by atoms with Crippen molar-refractivity contribution in [3.63, 3.8) is 0 Å². The van der Waals surface area contributed by atoms with Gasteiger partial charge in [-0.1, -0.05) is 47.1 Å². The molecule has 0 radical (unpaired) electrons. The summed E-state index contributed by atoms with van der Waals surface area (Å²) in [5, 5.41) is 7.61. The Hall–Kier alpha value is -3.74. The van der Waals surface area contributed by atoms with Gasteiger partial charge in [0.05, 0.1) is 0 Å². The molecule has 0 aliphatic rings. The van der Waals surface area contributed by atoms with Gasteiger partial charge < -0.3 is 14.6 Å². The van der Waals surface area contributed by atoms with E-state index in [9.17, 15) is 4.79 Å². The number of nitrogens with one attached hydrogen (secondary N) is 1. The van der Waals surface area contributed by atoms with Gasteiger partial charge in [-0.15, -0.1) is 0 Å². The molecular formula is C24H24N4O3. The van der Waals surface area contributed by atoms with Gasteiger partial charge in [-0.05, 0) is 50.5 Å². The average Bonchev–Trinajstić information content (AvgIpc) is 3.16. The lowest BCUT2D eigenvalue weighted by molar-refractivity contribution is -0.123. The Morgan fingerprint density at radius 1 is 1.03 bits per heavy atom. The maximum atomic E-state index is 12.4. The highest BCUT2D eigenvalue weighted by molar-refractivity contribution is 5.93. The molecule has 2 aromatic heterocycles. The molecule has 158 valence electrons. The standard InChI is InChI=1S/C24H24N4O3/c1-14-6-5-7-18(10-14)12-25-20(29)13-30-23-21-22(19-9-8-15(2)16(3)11-19)28-31-24(21)27-17(4)26-23/h5-11H,12-13H2,1-4H3,(H,25,29). The first kappa shape index (κ1) is 20.5. The number of hydrogen-bond acceptors (Lipinski definition) is 6. The van der Waals surface area contributed by atoms with Crippen molar-refractivity contribution in [1.29, 1.82) is 0 Å². The first-order valence-electron chi connectivity index (χ1n) is 10.1. The first-order chi connectivity index (χ1) is 14.9. The number of amides is 1. The Bertz CT molecular complexity index is 1260. The molecule has 31 heavy (non-hydrogen) atoms. The molecule has 4 aromatic rings. The molecule has 2 aromatic carbocycles. The van der Waals surface area contributed by atoms with Gasteiger partial charge in [0.25, 0.3) is 11.6 Å². The van der Waals surface area contributed by atoms with Crippen LogP contribution in [-0.4, -0.2) is 27.6 Å². The van der Waals surface area contributed by atoms with Crippen molar-refractivity contribution >= 4 is 17.0 Å². The second-order valence-corrected chi connectivity index (χ2v) is 7.64. The Labute approximate surface area is 180 Å². The predicted octanol–water partition coefficient (Wildman–Crippen LogP) is 4.21. The van der Waals surface area contributed by atoms with Gasteiger partial charge in [-0.3, -0.25) is 4.79 Å². The molecular weight excluding hydrogens is 392 g/mol. The van der Waals surface area contributed by atoms with E-state index in [1.807, 2.05) is 56.3 Å². The SMILES string of the molecule is Cc1cccc(CNC(=O)COc2nc(C)nc3onc(-c4ccc(C)c(C)c4)c23)c1. The minimum atomic E-state index is -0.241. The lowest BCUT2D eigenvalue weighted by Gasteiger charge is -2.09. The Balaban J connectivity index is 1.55. The highest BCUT2D eigenvalue weighted by Gasteiger charge is 2.20. The van der Waals surface area contributed by atoms with Gasteiger partial charge in [-0.2, -0.15) is 9.97 Å². The van der Waals surface area contributed by atoms with E-state index in [0.29, 0.717) is 29.2 Å². The summed E-state index contributed by atoms with van der Waals surface area (Å²) in [6, 6.07) is 14.0. The molecule has 4 rings (SSSR count). The van der Waals surface area contributed by atoms with Crippen molar-refractivity contribution < 1.29 is 14.1 Å². The molecule has 0 aliphatic carbocycles. The van der Waals surface area contributed by atoms with E-state index in [0.717, 1.165) is 22.3 Å². The number of rotatable bonds is 6. The normalized spacial score (nSPS) is 11.0. The van der Waals surface area contributed by atoms with Gasteiger partial charge in [-0.25, -0.2) is 0 Å². The molecule has 0 saturated carbocycles. The van der Waals surface area contributed by atoms with E-state index in [4.69, 9.17) is 9.26 Å². The molecule has 0 unspecified atom stereocenters. The van der Waals surface area contributed by atoms with Crippen LogP contribution < -0.4 is 10.1 Å². The maximum Gasteiger partial charge on any atom is 0.265 e. The number of fused-ring (bicyclic) bond motifs is 1. The number of carbonyl (C=O) groups excluding carboxylic acids is 1. The Morgan fingerprint density at radius 2 is 1.87 bits per heavy atom. The summed E-state index contributed by atoms with van der Waals surface area (Å²) in [4.78, 5) is 21.1. The van der Waals surface area contributed by atoms with E-state index in [-0.39, 0.29) is 18.4 Å². The van der Waals surface area contributed by atoms with Crippen LogP contribution in [0.1, 0.15) is 28.1 Å². The molecule has 7 nitrogen and oxygen atoms in total. The number of ether oxygens (including phenoxy) is 1. The molecule has 0 atom stereocenters. The largest absolute Gasteiger partial charge is 0.467 e. The second-order valence-electron chi connectivity index (χ2n) is 7.64. The molecule has 2 heterocycles. The number of benzene rings is 2. The topological polar surface area (TPSA) is 90.1 Å². The van der Waals surface area contributed by atoms with Crippen LogP contribution in [0.4, 0.5) is 0 Å². The maximum absolute atomic E-state index is 12.4. The zero-order valence-electron chi connectivity index (χ0n) is 18.0. The molecule has 1 amide bonds. The fourth-order valence-electron chi connectivity index (χ4n) is 3.32. The van der Waals surface area contributed by atoms with Crippen molar-refractivity contribution in [2.24, 2.45) is 0 Å². The van der Waals surface area contributed by atoms with Gasteiger partial charge in [0.2, 0.25) is 5.88 Å². The fraction of sp³-hybridized carbons (Fsp3) is 0.250. The van der Waals surface area contributed by atoms with E-state index in [2.05, 4.69) is 27.4 Å². The highest BCUT2D eigenvalue weighted by atomic mass is 16.5. The van der Waals surface area contributed by atoms with Crippen LogP contribution in [0.2, 0.25) is 0 Å². The Morgan fingerprint density at radius 3 is 2.65 bits per heavy atom. The van der Waals surface area contributed by atoms with E-state index >= 15 is 0 Å². The van der Waals surface area contributed by atoms with Crippen LogP contribution in [0.3, 0.4) is 0 Å². The van der Waals surface area contributed by atoms with Gasteiger partial charge in [0.15, 0.2) is 6.61 Å². The summed E-state index contributed by atoms with van der Waals surface area (Å²) in [5.74, 6) is 0.517. The Kier molecular flexibility index (Phi) is 5.66. The minimum absolute atomic E-state index is 0.172. The third-order valence-electron chi connectivity index (χ3n) is 5.11. The number of aromatic nitrogens is 3. The molecule has 0 bridgehead atoms. The summed E-state index contributed by atoms with van der Waals surface area (Å²) in [6.45, 7) is 8.11. The number of carbonyl (C=O) groups is 1. The molecule has 7 heteroatoms. The van der Waals surface area contributed by atoms with Crippen LogP contribution in [0.15, 0.2) is 47.0 Å². The van der Waals surface area contributed by atoms with Crippen molar-refractivity contribution in [3.05, 3.63) is 70.5 Å². The van der Waals surface area contributed by atoms with Crippen LogP contribution >= 0.6 is 0 Å². The summed E-state index contributed by atoms with van der Waals surface area (Å²) in [6.07, 6.45) is 0. The molecule has 0 spiro atoms.